The van der Waals surface area contributed by atoms with E-state index in [0.717, 1.165) is 17.4 Å². The third-order valence-corrected chi connectivity index (χ3v) is 6.28. The van der Waals surface area contributed by atoms with Crippen LogP contribution in [0.2, 0.25) is 0 Å². The number of carbonyl (C=O) groups is 2. The summed E-state index contributed by atoms with van der Waals surface area (Å²) in [5.74, 6) is -2.55. The molecule has 2 aliphatic carbocycles. The largest absolute Gasteiger partial charge is 0.481 e. The topological polar surface area (TPSA) is 162 Å². The Kier molecular flexibility index (Phi) is 6.41. The Balaban J connectivity index is 1.67. The molecule has 2 saturated carbocycles. The van der Waals surface area contributed by atoms with Gasteiger partial charge in [-0.25, -0.2) is 4.79 Å². The predicted octanol–water partition coefficient (Wildman–Crippen LogP) is -0.358. The van der Waals surface area contributed by atoms with Gasteiger partial charge in [-0.05, 0) is 31.1 Å². The molecule has 1 aromatic rings. The Morgan fingerprint density at radius 1 is 1.17 bits per heavy atom. The Labute approximate surface area is 170 Å². The first-order valence-electron chi connectivity index (χ1n) is 10.0. The number of amides is 1. The lowest BCUT2D eigenvalue weighted by Gasteiger charge is -2.39. The lowest BCUT2D eigenvalue weighted by Crippen LogP contribution is -2.56. The van der Waals surface area contributed by atoms with Crippen LogP contribution in [0.1, 0.15) is 57.4 Å². The lowest BCUT2D eigenvalue weighted by molar-refractivity contribution is -0.140. The number of hydrogen-bond donors (Lipinski definition) is 5. The minimum atomic E-state index is -1.48. The van der Waals surface area contributed by atoms with Crippen LogP contribution >= 0.6 is 0 Å². The number of aromatic nitrogens is 2. The zero-order valence-electron chi connectivity index (χ0n) is 16.3. The smallest absolute Gasteiger partial charge is 0.328 e. The summed E-state index contributed by atoms with van der Waals surface area (Å²) in [5.41, 5.74) is -2.68. The van der Waals surface area contributed by atoms with Gasteiger partial charge in [0.15, 0.2) is 0 Å². The quantitative estimate of drug-likeness (QED) is 0.414. The fourth-order valence-electron chi connectivity index (χ4n) is 4.79. The van der Waals surface area contributed by atoms with Gasteiger partial charge < -0.3 is 20.6 Å². The molecule has 30 heavy (non-hydrogen) atoms. The fourth-order valence-corrected chi connectivity index (χ4v) is 4.79. The van der Waals surface area contributed by atoms with Gasteiger partial charge in [0.05, 0.1) is 24.7 Å². The van der Waals surface area contributed by atoms with Crippen molar-refractivity contribution in [2.45, 2.75) is 75.7 Å². The summed E-state index contributed by atoms with van der Waals surface area (Å²) in [5, 5.41) is 32.8. The Hall–Kier alpha value is -2.53. The number of hydrogen-bond acceptors (Lipinski definition) is 6. The highest BCUT2D eigenvalue weighted by Gasteiger charge is 2.42. The number of aromatic amines is 1. The van der Waals surface area contributed by atoms with Gasteiger partial charge in [0, 0.05) is 6.42 Å². The molecule has 1 heterocycles. The number of halogens is 1. The molecule has 2 fully saturated rings. The zero-order valence-corrected chi connectivity index (χ0v) is 16.3. The van der Waals surface area contributed by atoms with Crippen molar-refractivity contribution in [3.8, 4) is 0 Å². The van der Waals surface area contributed by atoms with Crippen molar-refractivity contribution in [2.75, 3.05) is 0 Å². The molecule has 3 rings (SSSR count). The number of carbonyl (C=O) groups excluding carboxylic acids is 1. The van der Waals surface area contributed by atoms with Crippen molar-refractivity contribution in [3.05, 3.63) is 32.9 Å². The minimum absolute atomic E-state index is 0.0205. The number of carboxylic acid groups (broad SMARTS) is 1. The third kappa shape index (κ3) is 4.62. The number of carboxylic acids is 1. The Morgan fingerprint density at radius 3 is 2.47 bits per heavy atom. The highest BCUT2D eigenvalue weighted by Crippen LogP contribution is 2.44. The highest BCUT2D eigenvalue weighted by atomic mass is 19.1. The molecule has 11 heteroatoms. The molecule has 2 aliphatic rings. The summed E-state index contributed by atoms with van der Waals surface area (Å²) >= 11 is 0. The zero-order chi connectivity index (χ0) is 22.1. The SMILES string of the molecule is O=C(O)CC1(CC(=O)N[C@@H]2CC[C@@H](n3cc(F)c(=O)[nH]c3=O)[C@@H](O)[C@@H]2O)CCCC1. The first-order chi connectivity index (χ1) is 14.1. The van der Waals surface area contributed by atoms with E-state index in [1.54, 1.807) is 0 Å². The molecule has 0 saturated heterocycles. The first-order valence-corrected chi connectivity index (χ1v) is 10.0. The monoisotopic (exact) mass is 427 g/mol. The van der Waals surface area contributed by atoms with Gasteiger partial charge >= 0.3 is 11.7 Å². The molecule has 0 aromatic carbocycles. The number of aliphatic hydroxyl groups excluding tert-OH is 2. The molecule has 10 nitrogen and oxygen atoms in total. The number of H-pyrrole nitrogens is 1. The van der Waals surface area contributed by atoms with Crippen LogP contribution in [-0.2, 0) is 9.59 Å². The summed E-state index contributed by atoms with van der Waals surface area (Å²) in [4.78, 5) is 48.7. The number of nitrogens with zero attached hydrogens (tertiary/aromatic N) is 1. The number of aliphatic hydroxyl groups is 2. The average Bonchev–Trinajstić information content (AvgIpc) is 3.09. The van der Waals surface area contributed by atoms with E-state index in [-0.39, 0.29) is 25.7 Å². The minimum Gasteiger partial charge on any atom is -0.481 e. The molecule has 0 radical (unpaired) electrons. The van der Waals surface area contributed by atoms with Crippen molar-refractivity contribution in [3.63, 3.8) is 0 Å². The molecule has 1 aromatic heterocycles. The Bertz CT molecular complexity index is 921. The van der Waals surface area contributed by atoms with E-state index in [0.29, 0.717) is 19.0 Å². The van der Waals surface area contributed by atoms with E-state index in [1.807, 2.05) is 4.98 Å². The van der Waals surface area contributed by atoms with Crippen molar-refractivity contribution in [1.82, 2.24) is 14.9 Å². The standard InChI is InChI=1S/C19H26FN3O7/c20-10-9-23(18(30)22-17(10)29)12-4-3-11(15(27)16(12)28)21-13(24)7-19(8-14(25)26)5-1-2-6-19/h9,11-12,15-16,27-28H,1-8H2,(H,21,24)(H,25,26)(H,22,29,30)/t11-,12-,15-,16-/m1/s1. The number of rotatable bonds is 6. The number of aliphatic carboxylic acids is 1. The van der Waals surface area contributed by atoms with Crippen molar-refractivity contribution in [2.24, 2.45) is 5.41 Å². The second kappa shape index (κ2) is 8.68. The molecule has 0 bridgehead atoms. The predicted molar refractivity (Wildman–Crippen MR) is 101 cm³/mol. The van der Waals surface area contributed by atoms with Gasteiger partial charge in [0.1, 0.15) is 12.2 Å². The summed E-state index contributed by atoms with van der Waals surface area (Å²) in [6.45, 7) is 0. The van der Waals surface area contributed by atoms with Crippen molar-refractivity contribution >= 4 is 11.9 Å². The van der Waals surface area contributed by atoms with Crippen LogP contribution in [0.3, 0.4) is 0 Å². The van der Waals surface area contributed by atoms with Crippen LogP contribution in [0.15, 0.2) is 15.8 Å². The molecule has 4 atom stereocenters. The van der Waals surface area contributed by atoms with E-state index in [4.69, 9.17) is 5.11 Å². The second-order valence-corrected chi connectivity index (χ2v) is 8.40. The van der Waals surface area contributed by atoms with Crippen LogP contribution in [0, 0.1) is 11.2 Å². The maximum absolute atomic E-state index is 13.6. The summed E-state index contributed by atoms with van der Waals surface area (Å²) in [6.07, 6.45) is 1.07. The maximum Gasteiger partial charge on any atom is 0.328 e. The van der Waals surface area contributed by atoms with E-state index in [9.17, 15) is 33.8 Å². The Morgan fingerprint density at radius 2 is 1.83 bits per heavy atom. The van der Waals surface area contributed by atoms with E-state index in [1.165, 1.54) is 0 Å². The molecule has 0 aliphatic heterocycles. The van der Waals surface area contributed by atoms with Crippen molar-refractivity contribution < 1.29 is 29.3 Å². The van der Waals surface area contributed by atoms with Gasteiger partial charge in [-0.3, -0.25) is 23.9 Å². The van der Waals surface area contributed by atoms with Crippen molar-refractivity contribution in [1.29, 1.82) is 0 Å². The first kappa shape index (κ1) is 22.2. The normalized spacial score (nSPS) is 28.2. The second-order valence-electron chi connectivity index (χ2n) is 8.40. The van der Waals surface area contributed by atoms with E-state index in [2.05, 4.69) is 5.32 Å². The van der Waals surface area contributed by atoms with Crippen LogP contribution in [0.5, 0.6) is 0 Å². The third-order valence-electron chi connectivity index (χ3n) is 6.28. The summed E-state index contributed by atoms with van der Waals surface area (Å²) < 4.78 is 14.4. The molecule has 1 amide bonds. The summed E-state index contributed by atoms with van der Waals surface area (Å²) in [6, 6.07) is -1.77. The van der Waals surface area contributed by atoms with Crippen LogP contribution in [0.4, 0.5) is 4.39 Å². The number of nitrogens with one attached hydrogen (secondary N) is 2. The van der Waals surface area contributed by atoms with Gasteiger partial charge in [0.25, 0.3) is 5.56 Å². The molecule has 0 unspecified atom stereocenters. The van der Waals surface area contributed by atoms with Gasteiger partial charge in [0.2, 0.25) is 11.7 Å². The summed E-state index contributed by atoms with van der Waals surface area (Å²) in [7, 11) is 0. The van der Waals surface area contributed by atoms with Crippen LogP contribution in [0.25, 0.3) is 0 Å². The van der Waals surface area contributed by atoms with Crippen LogP contribution < -0.4 is 16.6 Å². The van der Waals surface area contributed by atoms with Gasteiger partial charge in [-0.1, -0.05) is 12.8 Å². The van der Waals surface area contributed by atoms with Crippen LogP contribution in [-0.4, -0.2) is 55.0 Å². The highest BCUT2D eigenvalue weighted by molar-refractivity contribution is 5.78. The van der Waals surface area contributed by atoms with Gasteiger partial charge in [-0.2, -0.15) is 4.39 Å². The molecule has 0 spiro atoms. The van der Waals surface area contributed by atoms with Gasteiger partial charge in [-0.15, -0.1) is 0 Å². The maximum atomic E-state index is 13.6. The fraction of sp³-hybridized carbons (Fsp3) is 0.684. The average molecular weight is 427 g/mol. The molecular weight excluding hydrogens is 401 g/mol. The van der Waals surface area contributed by atoms with E-state index < -0.39 is 58.6 Å². The van der Waals surface area contributed by atoms with E-state index >= 15 is 0 Å². The molecule has 5 N–H and O–H groups in total. The lowest BCUT2D eigenvalue weighted by atomic mass is 9.79. The molecular formula is C19H26FN3O7. The molecule has 166 valence electrons.